The van der Waals surface area contributed by atoms with E-state index in [1.165, 1.54) is 32.1 Å². The second-order valence-electron chi connectivity index (χ2n) is 14.3. The highest BCUT2D eigenvalue weighted by Gasteiger charge is 2.56. The first-order chi connectivity index (χ1) is 21.2. The number of hydrogen-bond donors (Lipinski definition) is 0. The molecule has 3 saturated heterocycles. The minimum Gasteiger partial charge on any atom is -0.440 e. The number of hydrogen-bond acceptors (Lipinski definition) is 5. The number of rotatable bonds is 8. The van der Waals surface area contributed by atoms with Gasteiger partial charge in [-0.25, -0.2) is 9.48 Å². The smallest absolute Gasteiger partial charge is 0.410 e. The SMILES string of the molecule is CCCCC1N(CC2CCCCC2)C(=O)OC12CCN(C1(C)CCN(C(=O)c3c(C)nn(-c4ccccc4)c3C)CC1)CC2. The van der Waals surface area contributed by atoms with Crippen LogP contribution in [0.1, 0.15) is 113 Å². The Hall–Kier alpha value is -2.87. The van der Waals surface area contributed by atoms with Gasteiger partial charge in [0.15, 0.2) is 0 Å². The van der Waals surface area contributed by atoms with Gasteiger partial charge in [-0.3, -0.25) is 9.69 Å². The number of piperidine rings is 2. The number of ether oxygens (including phenoxy) is 1. The number of amides is 2. The first-order valence-electron chi connectivity index (χ1n) is 17.4. The average molecular weight is 604 g/mol. The van der Waals surface area contributed by atoms with Crippen LogP contribution in [-0.4, -0.2) is 86.4 Å². The van der Waals surface area contributed by atoms with Crippen molar-refractivity contribution in [1.82, 2.24) is 24.5 Å². The third-order valence-electron chi connectivity index (χ3n) is 11.5. The summed E-state index contributed by atoms with van der Waals surface area (Å²) in [6.07, 6.45) is 13.4. The molecule has 44 heavy (non-hydrogen) atoms. The van der Waals surface area contributed by atoms with Crippen LogP contribution in [0.25, 0.3) is 5.69 Å². The molecule has 1 aromatic carbocycles. The van der Waals surface area contributed by atoms with Crippen molar-refractivity contribution in [1.29, 1.82) is 0 Å². The third kappa shape index (κ3) is 5.91. The minimum absolute atomic E-state index is 0.0417. The van der Waals surface area contributed by atoms with Gasteiger partial charge in [0.05, 0.1) is 28.7 Å². The Morgan fingerprint density at radius 3 is 2.32 bits per heavy atom. The number of aryl methyl sites for hydroxylation is 1. The van der Waals surface area contributed by atoms with Crippen molar-refractivity contribution in [3.63, 3.8) is 0 Å². The number of unbranched alkanes of at least 4 members (excludes halogenated alkanes) is 1. The standard InChI is InChI=1S/C36H53N5O3/c1-5-6-17-31-36(44-34(43)40(31)26-29-13-9-7-10-14-29)20-24-39(25-21-36)35(4)18-22-38(23-19-35)33(42)32-27(2)37-41(28(32)3)30-15-11-8-12-16-30/h8,11-12,15-16,29,31H,5-7,9-10,13-14,17-26H2,1-4H3. The van der Waals surface area contributed by atoms with E-state index in [0.717, 1.165) is 100 Å². The van der Waals surface area contributed by atoms with Gasteiger partial charge in [0.2, 0.25) is 0 Å². The number of aromatic nitrogens is 2. The minimum atomic E-state index is -0.349. The summed E-state index contributed by atoms with van der Waals surface area (Å²) in [4.78, 5) is 33.9. The van der Waals surface area contributed by atoms with Gasteiger partial charge in [-0.15, -0.1) is 0 Å². The van der Waals surface area contributed by atoms with Gasteiger partial charge >= 0.3 is 6.09 Å². The van der Waals surface area contributed by atoms with E-state index in [1.807, 2.05) is 53.8 Å². The molecule has 1 aromatic heterocycles. The normalized spacial score (nSPS) is 24.2. The monoisotopic (exact) mass is 603 g/mol. The van der Waals surface area contributed by atoms with Crippen LogP contribution in [0.3, 0.4) is 0 Å². The zero-order valence-electron chi connectivity index (χ0n) is 27.5. The molecule has 0 radical (unpaired) electrons. The molecule has 1 atom stereocenters. The Labute approximate surface area is 264 Å². The molecule has 4 aliphatic rings. The van der Waals surface area contributed by atoms with Crippen molar-refractivity contribution in [2.75, 3.05) is 32.7 Å². The molecule has 4 heterocycles. The Morgan fingerprint density at radius 1 is 0.977 bits per heavy atom. The molecule has 2 amide bonds. The summed E-state index contributed by atoms with van der Waals surface area (Å²) in [6.45, 7) is 12.8. The van der Waals surface area contributed by atoms with E-state index in [2.05, 4.69) is 23.6 Å². The highest BCUT2D eigenvalue weighted by atomic mass is 16.6. The quantitative estimate of drug-likeness (QED) is 0.328. The molecule has 1 saturated carbocycles. The molecule has 2 aromatic rings. The highest BCUT2D eigenvalue weighted by molar-refractivity contribution is 5.96. The van der Waals surface area contributed by atoms with Crippen LogP contribution >= 0.6 is 0 Å². The number of benzene rings is 1. The van der Waals surface area contributed by atoms with Crippen LogP contribution in [0.4, 0.5) is 4.79 Å². The van der Waals surface area contributed by atoms with E-state index >= 15 is 0 Å². The van der Waals surface area contributed by atoms with E-state index in [-0.39, 0.29) is 29.2 Å². The Kier molecular flexibility index (Phi) is 9.10. The zero-order chi connectivity index (χ0) is 30.9. The summed E-state index contributed by atoms with van der Waals surface area (Å²) in [7, 11) is 0. The summed E-state index contributed by atoms with van der Waals surface area (Å²) in [5.74, 6) is 0.722. The highest BCUT2D eigenvalue weighted by Crippen LogP contribution is 2.44. The average Bonchev–Trinajstić information content (AvgIpc) is 3.47. The lowest BCUT2D eigenvalue weighted by Gasteiger charge is -2.51. The van der Waals surface area contributed by atoms with E-state index in [4.69, 9.17) is 9.84 Å². The molecule has 3 aliphatic heterocycles. The number of para-hydroxylation sites is 1. The molecule has 0 N–H and O–H groups in total. The van der Waals surface area contributed by atoms with Crippen molar-refractivity contribution >= 4 is 12.0 Å². The van der Waals surface area contributed by atoms with Crippen LogP contribution < -0.4 is 0 Å². The Bertz CT molecular complexity index is 1300. The fourth-order valence-corrected chi connectivity index (χ4v) is 8.68. The lowest BCUT2D eigenvalue weighted by Crippen LogP contribution is -2.60. The second-order valence-corrected chi connectivity index (χ2v) is 14.3. The number of carbonyl (C=O) groups is 2. The van der Waals surface area contributed by atoms with Crippen LogP contribution in [-0.2, 0) is 4.74 Å². The largest absolute Gasteiger partial charge is 0.440 e. The van der Waals surface area contributed by atoms with E-state index < -0.39 is 0 Å². The fourth-order valence-electron chi connectivity index (χ4n) is 8.68. The van der Waals surface area contributed by atoms with Gasteiger partial charge < -0.3 is 14.5 Å². The summed E-state index contributed by atoms with van der Waals surface area (Å²) < 4.78 is 8.26. The van der Waals surface area contributed by atoms with Crippen LogP contribution in [0.2, 0.25) is 0 Å². The fraction of sp³-hybridized carbons (Fsp3) is 0.694. The van der Waals surface area contributed by atoms with Crippen LogP contribution in [0.5, 0.6) is 0 Å². The van der Waals surface area contributed by atoms with Crippen LogP contribution in [0, 0.1) is 19.8 Å². The summed E-state index contributed by atoms with van der Waals surface area (Å²) in [5.41, 5.74) is 3.08. The Morgan fingerprint density at radius 2 is 1.66 bits per heavy atom. The topological polar surface area (TPSA) is 70.9 Å². The van der Waals surface area contributed by atoms with Gasteiger partial charge in [-0.2, -0.15) is 5.10 Å². The third-order valence-corrected chi connectivity index (χ3v) is 11.5. The van der Waals surface area contributed by atoms with E-state index in [9.17, 15) is 9.59 Å². The van der Waals surface area contributed by atoms with Crippen molar-refractivity contribution in [3.05, 3.63) is 47.3 Å². The lowest BCUT2D eigenvalue weighted by molar-refractivity contribution is -0.0601. The molecule has 8 nitrogen and oxygen atoms in total. The number of likely N-dealkylation sites (tertiary alicyclic amines) is 2. The molecule has 240 valence electrons. The van der Waals surface area contributed by atoms with Gasteiger partial charge in [-0.05, 0) is 70.9 Å². The van der Waals surface area contributed by atoms with Gasteiger partial charge in [0.1, 0.15) is 5.60 Å². The molecule has 1 unspecified atom stereocenters. The van der Waals surface area contributed by atoms with E-state index in [1.54, 1.807) is 0 Å². The first-order valence-corrected chi connectivity index (χ1v) is 17.4. The molecule has 6 rings (SSSR count). The van der Waals surface area contributed by atoms with Crippen molar-refractivity contribution in [3.8, 4) is 5.69 Å². The summed E-state index contributed by atoms with van der Waals surface area (Å²) in [5, 5.41) is 4.72. The maximum absolute atomic E-state index is 13.8. The van der Waals surface area contributed by atoms with Gasteiger partial charge in [0, 0.05) is 51.1 Å². The Balaban J connectivity index is 1.08. The summed E-state index contributed by atoms with van der Waals surface area (Å²) >= 11 is 0. The second kappa shape index (κ2) is 12.9. The first kappa shape index (κ1) is 31.1. The zero-order valence-corrected chi connectivity index (χ0v) is 27.5. The molecule has 4 fully saturated rings. The number of carbonyl (C=O) groups excluding carboxylic acids is 2. The summed E-state index contributed by atoms with van der Waals surface area (Å²) in [6, 6.07) is 10.2. The van der Waals surface area contributed by atoms with Crippen molar-refractivity contribution in [2.24, 2.45) is 5.92 Å². The lowest BCUT2D eigenvalue weighted by atomic mass is 9.78. The number of nitrogens with zero attached hydrogens (tertiary/aromatic N) is 5. The molecule has 1 aliphatic carbocycles. The molecule has 0 bridgehead atoms. The van der Waals surface area contributed by atoms with E-state index in [0.29, 0.717) is 5.92 Å². The maximum atomic E-state index is 13.8. The molecular weight excluding hydrogens is 550 g/mol. The van der Waals surface area contributed by atoms with Crippen molar-refractivity contribution in [2.45, 2.75) is 122 Å². The predicted molar refractivity (Wildman–Crippen MR) is 173 cm³/mol. The molecular formula is C36H53N5O3. The van der Waals surface area contributed by atoms with Crippen LogP contribution in [0.15, 0.2) is 30.3 Å². The maximum Gasteiger partial charge on any atom is 0.410 e. The molecule has 8 heteroatoms. The van der Waals surface area contributed by atoms with Gasteiger partial charge in [-0.1, -0.05) is 57.2 Å². The van der Waals surface area contributed by atoms with Crippen molar-refractivity contribution < 1.29 is 14.3 Å². The molecule has 1 spiro atoms. The van der Waals surface area contributed by atoms with Gasteiger partial charge in [0.25, 0.3) is 5.91 Å². The predicted octanol–water partition coefficient (Wildman–Crippen LogP) is 6.91.